The highest BCUT2D eigenvalue weighted by Gasteiger charge is 2.27. The van der Waals surface area contributed by atoms with Gasteiger partial charge in [-0.3, -0.25) is 18.6 Å². The summed E-state index contributed by atoms with van der Waals surface area (Å²) < 4.78 is 34.1. The van der Waals surface area contributed by atoms with E-state index in [1.54, 1.807) is 0 Å². The Balaban J connectivity index is 4.60. The first-order valence-electron chi connectivity index (χ1n) is 21.7. The Hall–Kier alpha value is -3.37. The number of aliphatic hydroxyl groups excluding tert-OH is 1. The van der Waals surface area contributed by atoms with E-state index in [4.69, 9.17) is 18.5 Å². The van der Waals surface area contributed by atoms with E-state index in [9.17, 15) is 24.2 Å². The molecule has 0 saturated carbocycles. The zero-order chi connectivity index (χ0) is 43.7. The van der Waals surface area contributed by atoms with Crippen LogP contribution in [0, 0.1) is 0 Å². The Kier molecular flexibility index (Phi) is 36.6. The molecule has 0 radical (unpaired) electrons. The zero-order valence-corrected chi connectivity index (χ0v) is 37.9. The second-order valence-corrected chi connectivity index (χ2v) is 16.6. The summed E-state index contributed by atoms with van der Waals surface area (Å²) in [5.74, 6) is -0.965. The van der Waals surface area contributed by atoms with E-state index in [-0.39, 0.29) is 32.2 Å². The van der Waals surface area contributed by atoms with E-state index < -0.39 is 32.5 Å². The number of quaternary nitrogens is 1. The molecule has 334 valence electrons. The number of carbonyl (C=O) groups excluding carboxylic acids is 2. The molecule has 0 rings (SSSR count). The van der Waals surface area contributed by atoms with Crippen LogP contribution < -0.4 is 0 Å². The molecule has 0 aromatic carbocycles. The SMILES string of the molecule is CC/C=C\C/C=C\C/C=C\C/C=C\C/C=C\CCCC(=O)O[C@H](COC(=O)CCC/C=C\C/C=C\C/C=C\C/C=C\CC[C@@H](O)CC)COP(=O)(O)OCC[N+](C)(C)C. The van der Waals surface area contributed by atoms with Crippen molar-refractivity contribution in [1.82, 2.24) is 0 Å². The van der Waals surface area contributed by atoms with Crippen molar-refractivity contribution in [3.05, 3.63) is 109 Å². The summed E-state index contributed by atoms with van der Waals surface area (Å²) in [7, 11) is 1.37. The van der Waals surface area contributed by atoms with Crippen molar-refractivity contribution < 1.29 is 47.2 Å². The molecule has 0 aromatic heterocycles. The van der Waals surface area contributed by atoms with Crippen LogP contribution in [0.15, 0.2) is 109 Å². The Labute approximate surface area is 358 Å². The van der Waals surface area contributed by atoms with Gasteiger partial charge < -0.3 is 24.0 Å². The van der Waals surface area contributed by atoms with Crippen molar-refractivity contribution in [2.24, 2.45) is 0 Å². The van der Waals surface area contributed by atoms with Crippen molar-refractivity contribution in [2.45, 2.75) is 135 Å². The summed E-state index contributed by atoms with van der Waals surface area (Å²) in [4.78, 5) is 35.3. The third-order valence-corrected chi connectivity index (χ3v) is 9.43. The molecule has 0 spiro atoms. The molecule has 0 aromatic rings. The molecule has 59 heavy (non-hydrogen) atoms. The minimum absolute atomic E-state index is 0.0000145. The number of nitrogens with zero attached hydrogens (tertiary/aromatic N) is 1. The number of aliphatic hydroxyl groups is 1. The largest absolute Gasteiger partial charge is 0.472 e. The lowest BCUT2D eigenvalue weighted by atomic mass is 10.1. The highest BCUT2D eigenvalue weighted by Crippen LogP contribution is 2.43. The molecule has 11 heteroatoms. The summed E-state index contributed by atoms with van der Waals surface area (Å²) in [6, 6.07) is 0. The van der Waals surface area contributed by atoms with Crippen molar-refractivity contribution in [1.29, 1.82) is 0 Å². The molecule has 0 fully saturated rings. The maximum atomic E-state index is 12.7. The maximum Gasteiger partial charge on any atom is 0.472 e. The Bertz CT molecular complexity index is 1380. The summed E-state index contributed by atoms with van der Waals surface area (Å²) in [5, 5.41) is 9.57. The van der Waals surface area contributed by atoms with Gasteiger partial charge in [-0.1, -0.05) is 123 Å². The van der Waals surface area contributed by atoms with Gasteiger partial charge in [0, 0.05) is 12.8 Å². The molecular formula is C48H79NO9P+. The number of hydrogen-bond acceptors (Lipinski definition) is 8. The first kappa shape index (κ1) is 55.6. The van der Waals surface area contributed by atoms with Crippen LogP contribution in [0.1, 0.15) is 123 Å². The predicted octanol–water partition coefficient (Wildman–Crippen LogP) is 11.3. The van der Waals surface area contributed by atoms with Crippen LogP contribution in [-0.2, 0) is 32.7 Å². The normalized spacial score (nSPS) is 15.2. The number of unbranched alkanes of at least 4 members (excludes halogenated alkanes) is 2. The number of likely N-dealkylation sites (N-methyl/N-ethyl adjacent to an activating group) is 1. The quantitative estimate of drug-likeness (QED) is 0.0206. The van der Waals surface area contributed by atoms with Crippen LogP contribution in [0.25, 0.3) is 0 Å². The molecule has 3 atom stereocenters. The van der Waals surface area contributed by atoms with Gasteiger partial charge in [0.25, 0.3) is 0 Å². The number of phosphoric ester groups is 1. The zero-order valence-electron chi connectivity index (χ0n) is 37.0. The van der Waals surface area contributed by atoms with E-state index in [0.717, 1.165) is 70.6 Å². The van der Waals surface area contributed by atoms with Crippen LogP contribution in [0.4, 0.5) is 0 Å². The Morgan fingerprint density at radius 2 is 1.02 bits per heavy atom. The van der Waals surface area contributed by atoms with Gasteiger partial charge in [-0.15, -0.1) is 0 Å². The lowest BCUT2D eigenvalue weighted by Crippen LogP contribution is -2.37. The van der Waals surface area contributed by atoms with Crippen molar-refractivity contribution in [3.63, 3.8) is 0 Å². The van der Waals surface area contributed by atoms with Crippen LogP contribution in [0.3, 0.4) is 0 Å². The summed E-state index contributed by atoms with van der Waals surface area (Å²) in [5.41, 5.74) is 0. The van der Waals surface area contributed by atoms with Gasteiger partial charge in [0.15, 0.2) is 6.10 Å². The first-order valence-corrected chi connectivity index (χ1v) is 23.2. The molecule has 0 amide bonds. The fraction of sp³-hybridized carbons (Fsp3) is 0.583. The van der Waals surface area contributed by atoms with E-state index in [1.165, 1.54) is 0 Å². The third-order valence-electron chi connectivity index (χ3n) is 8.45. The minimum Gasteiger partial charge on any atom is -0.462 e. The summed E-state index contributed by atoms with van der Waals surface area (Å²) in [6.45, 7) is 3.85. The standard InChI is InChI=1S/C48H78NO9P/c1-6-8-9-10-11-12-13-14-15-16-17-22-25-28-31-34-37-40-48(52)58-46(44-57-59(53,54)56-42-41-49(3,4)5)43-55-47(51)39-36-33-30-27-24-21-19-18-20-23-26-29-32-35-38-45(50)7-2/h8-9,11-12,14-15,17,19-23,27-32,45-46,50H,6-7,10,13,16,18,24-26,33-44H2,1-5H3/p+1/b9-8-,12-11-,15-14-,21-19-,22-17-,23-20-,30-27-,31-28-,32-29-/t45-,46+/m0/s1. The van der Waals surface area contributed by atoms with Gasteiger partial charge in [0.2, 0.25) is 0 Å². The van der Waals surface area contributed by atoms with Gasteiger partial charge in [-0.2, -0.15) is 0 Å². The second-order valence-electron chi connectivity index (χ2n) is 15.1. The van der Waals surface area contributed by atoms with Gasteiger partial charge >= 0.3 is 19.8 Å². The maximum absolute atomic E-state index is 12.7. The Morgan fingerprint density at radius 1 is 0.593 bits per heavy atom. The van der Waals surface area contributed by atoms with Crippen LogP contribution in [-0.4, -0.2) is 86.1 Å². The van der Waals surface area contributed by atoms with Crippen LogP contribution in [0.2, 0.25) is 0 Å². The molecule has 1 unspecified atom stereocenters. The average Bonchev–Trinajstić information content (AvgIpc) is 3.19. The van der Waals surface area contributed by atoms with Crippen LogP contribution in [0.5, 0.6) is 0 Å². The highest BCUT2D eigenvalue weighted by atomic mass is 31.2. The molecule has 0 saturated heterocycles. The molecule has 0 heterocycles. The van der Waals surface area contributed by atoms with Gasteiger partial charge in [-0.05, 0) is 96.3 Å². The lowest BCUT2D eigenvalue weighted by molar-refractivity contribution is -0.870. The fourth-order valence-corrected chi connectivity index (χ4v) is 5.64. The third kappa shape index (κ3) is 42.6. The average molecular weight is 845 g/mol. The molecule has 0 aliphatic heterocycles. The fourth-order valence-electron chi connectivity index (χ4n) is 4.90. The number of hydrogen-bond donors (Lipinski definition) is 2. The van der Waals surface area contributed by atoms with Crippen molar-refractivity contribution >= 4 is 19.8 Å². The van der Waals surface area contributed by atoms with Gasteiger partial charge in [-0.25, -0.2) is 4.57 Å². The van der Waals surface area contributed by atoms with E-state index >= 15 is 0 Å². The van der Waals surface area contributed by atoms with Crippen LogP contribution >= 0.6 is 7.82 Å². The number of ether oxygens (including phenoxy) is 2. The molecule has 0 aliphatic rings. The number of allylic oxidation sites excluding steroid dienone is 18. The van der Waals surface area contributed by atoms with E-state index in [0.29, 0.717) is 36.7 Å². The Morgan fingerprint density at radius 3 is 1.46 bits per heavy atom. The number of rotatable bonds is 37. The highest BCUT2D eigenvalue weighted by molar-refractivity contribution is 7.47. The predicted molar refractivity (Wildman–Crippen MR) is 244 cm³/mol. The summed E-state index contributed by atoms with van der Waals surface area (Å²) >= 11 is 0. The molecule has 2 N–H and O–H groups in total. The lowest BCUT2D eigenvalue weighted by Gasteiger charge is -2.24. The minimum atomic E-state index is -4.42. The molecule has 10 nitrogen and oxygen atoms in total. The molecular weight excluding hydrogens is 766 g/mol. The smallest absolute Gasteiger partial charge is 0.462 e. The topological polar surface area (TPSA) is 129 Å². The monoisotopic (exact) mass is 845 g/mol. The first-order chi connectivity index (χ1) is 28.4. The number of phosphoric acid groups is 1. The van der Waals surface area contributed by atoms with Gasteiger partial charge in [0.1, 0.15) is 19.8 Å². The molecule has 0 aliphatic carbocycles. The second kappa shape index (κ2) is 38.8. The number of esters is 2. The van der Waals surface area contributed by atoms with E-state index in [1.807, 2.05) is 40.2 Å². The van der Waals surface area contributed by atoms with E-state index in [2.05, 4.69) is 104 Å². The van der Waals surface area contributed by atoms with Crippen molar-refractivity contribution in [3.8, 4) is 0 Å². The molecule has 0 bridgehead atoms. The summed E-state index contributed by atoms with van der Waals surface area (Å²) in [6.07, 6.45) is 49.6. The number of carbonyl (C=O) groups is 2. The van der Waals surface area contributed by atoms with Gasteiger partial charge in [0.05, 0.1) is 33.9 Å². The van der Waals surface area contributed by atoms with Crippen molar-refractivity contribution in [2.75, 3.05) is 47.5 Å².